The van der Waals surface area contributed by atoms with Crippen LogP contribution in [-0.4, -0.2) is 22.3 Å². The first-order valence-electron chi connectivity index (χ1n) is 12.1. The van der Waals surface area contributed by atoms with Gasteiger partial charge in [-0.05, 0) is 19.3 Å². The summed E-state index contributed by atoms with van der Waals surface area (Å²) in [5.41, 5.74) is 0. The minimum absolute atomic E-state index is 0.184. The molecule has 0 rings (SSSR count). The summed E-state index contributed by atoms with van der Waals surface area (Å²) in [4.78, 5) is 10.4. The zero-order valence-corrected chi connectivity index (χ0v) is 18.2. The van der Waals surface area contributed by atoms with E-state index in [1.807, 2.05) is 0 Å². The molecule has 0 aromatic heterocycles. The van der Waals surface area contributed by atoms with Crippen molar-refractivity contribution in [3.63, 3.8) is 0 Å². The number of unbranched alkanes of at least 4 members (excludes halogenated alkanes) is 16. The number of aliphatic hydroxyl groups is 1. The molecule has 0 aliphatic carbocycles. The first-order valence-corrected chi connectivity index (χ1v) is 12.1. The van der Waals surface area contributed by atoms with Crippen LogP contribution in [0.3, 0.4) is 0 Å². The molecule has 3 heteroatoms. The molecule has 0 aromatic carbocycles. The van der Waals surface area contributed by atoms with E-state index >= 15 is 0 Å². The third-order valence-electron chi connectivity index (χ3n) is 5.57. The average molecular weight is 385 g/mol. The van der Waals surface area contributed by atoms with Gasteiger partial charge in [0, 0.05) is 6.42 Å². The minimum Gasteiger partial charge on any atom is -0.481 e. The lowest BCUT2D eigenvalue weighted by molar-refractivity contribution is -0.137. The number of hydrogen-bond donors (Lipinski definition) is 2. The van der Waals surface area contributed by atoms with Gasteiger partial charge in [-0.15, -0.1) is 0 Å². The second-order valence-corrected chi connectivity index (χ2v) is 8.39. The van der Waals surface area contributed by atoms with Gasteiger partial charge in [-0.3, -0.25) is 4.79 Å². The van der Waals surface area contributed by atoms with Crippen molar-refractivity contribution in [1.82, 2.24) is 0 Å². The number of hydrogen-bond acceptors (Lipinski definition) is 2. The molecule has 27 heavy (non-hydrogen) atoms. The molecule has 0 spiro atoms. The first kappa shape index (κ1) is 26.4. The average Bonchev–Trinajstić information content (AvgIpc) is 2.64. The Kier molecular flexibility index (Phi) is 21.3. The molecule has 0 bridgehead atoms. The van der Waals surface area contributed by atoms with Gasteiger partial charge < -0.3 is 10.2 Å². The summed E-state index contributed by atoms with van der Waals surface area (Å²) < 4.78 is 0. The van der Waals surface area contributed by atoms with Gasteiger partial charge in [-0.2, -0.15) is 0 Å². The van der Waals surface area contributed by atoms with Crippen molar-refractivity contribution in [2.24, 2.45) is 0 Å². The monoisotopic (exact) mass is 384 g/mol. The normalized spacial score (nSPS) is 12.4. The van der Waals surface area contributed by atoms with Gasteiger partial charge in [0.05, 0.1) is 6.10 Å². The Morgan fingerprint density at radius 1 is 0.593 bits per heavy atom. The topological polar surface area (TPSA) is 57.5 Å². The maximum Gasteiger partial charge on any atom is 0.303 e. The minimum atomic E-state index is -0.714. The van der Waals surface area contributed by atoms with Crippen LogP contribution in [-0.2, 0) is 4.79 Å². The summed E-state index contributed by atoms with van der Waals surface area (Å²) in [5, 5.41) is 18.5. The van der Waals surface area contributed by atoms with E-state index in [0.29, 0.717) is 0 Å². The summed E-state index contributed by atoms with van der Waals surface area (Å²) in [6.45, 7) is 2.28. The van der Waals surface area contributed by atoms with E-state index in [1.165, 1.54) is 89.9 Å². The van der Waals surface area contributed by atoms with Crippen molar-refractivity contribution in [1.29, 1.82) is 0 Å². The lowest BCUT2D eigenvalue weighted by atomic mass is 10.0. The quantitative estimate of drug-likeness (QED) is 0.188. The van der Waals surface area contributed by atoms with Crippen LogP contribution >= 0.6 is 0 Å². The van der Waals surface area contributed by atoms with Crippen LogP contribution in [0, 0.1) is 0 Å². The van der Waals surface area contributed by atoms with Gasteiger partial charge in [0.1, 0.15) is 0 Å². The fourth-order valence-corrected chi connectivity index (χ4v) is 3.73. The standard InChI is InChI=1S/C24H48O3/c1-2-3-4-5-6-7-8-9-10-11-12-13-14-15-17-20-23(25)21-18-16-19-22-24(26)27/h23,25H,2-22H2,1H3,(H,26,27). The van der Waals surface area contributed by atoms with Crippen molar-refractivity contribution in [3.8, 4) is 0 Å². The number of carbonyl (C=O) groups is 1. The van der Waals surface area contributed by atoms with E-state index in [9.17, 15) is 9.90 Å². The van der Waals surface area contributed by atoms with Crippen LogP contribution in [0.2, 0.25) is 0 Å². The van der Waals surface area contributed by atoms with Gasteiger partial charge in [0.15, 0.2) is 0 Å². The lowest BCUT2D eigenvalue weighted by Crippen LogP contribution is -2.06. The van der Waals surface area contributed by atoms with Crippen molar-refractivity contribution in [3.05, 3.63) is 0 Å². The van der Waals surface area contributed by atoms with Gasteiger partial charge in [-0.25, -0.2) is 0 Å². The zero-order chi connectivity index (χ0) is 20.0. The Bertz CT molecular complexity index is 304. The Labute approximate surface area is 169 Å². The third kappa shape index (κ3) is 23.4. The predicted molar refractivity (Wildman–Crippen MR) is 116 cm³/mol. The number of carboxylic acids is 1. The maximum atomic E-state index is 10.4. The number of aliphatic carboxylic acids is 1. The summed E-state index contributed by atoms with van der Waals surface area (Å²) in [5.74, 6) is -0.714. The molecule has 0 saturated heterocycles. The van der Waals surface area contributed by atoms with Gasteiger partial charge >= 0.3 is 5.97 Å². The number of aliphatic hydroxyl groups excluding tert-OH is 1. The summed E-state index contributed by atoms with van der Waals surface area (Å²) in [7, 11) is 0. The molecular weight excluding hydrogens is 336 g/mol. The Morgan fingerprint density at radius 3 is 1.30 bits per heavy atom. The Balaban J connectivity index is 3.12. The second kappa shape index (κ2) is 21.7. The van der Waals surface area contributed by atoms with Crippen LogP contribution < -0.4 is 0 Å². The molecule has 0 amide bonds. The molecular formula is C24H48O3. The smallest absolute Gasteiger partial charge is 0.303 e. The molecule has 0 fully saturated rings. The molecule has 3 nitrogen and oxygen atoms in total. The van der Waals surface area contributed by atoms with Crippen LogP contribution in [0.4, 0.5) is 0 Å². The van der Waals surface area contributed by atoms with E-state index < -0.39 is 5.97 Å². The van der Waals surface area contributed by atoms with E-state index in [2.05, 4.69) is 6.92 Å². The predicted octanol–water partition coefficient (Wildman–Crippen LogP) is 7.64. The van der Waals surface area contributed by atoms with Crippen LogP contribution in [0.1, 0.15) is 142 Å². The highest BCUT2D eigenvalue weighted by Crippen LogP contribution is 2.15. The fourth-order valence-electron chi connectivity index (χ4n) is 3.73. The third-order valence-corrected chi connectivity index (χ3v) is 5.57. The second-order valence-electron chi connectivity index (χ2n) is 8.39. The number of carboxylic acid groups (broad SMARTS) is 1. The Hall–Kier alpha value is -0.570. The van der Waals surface area contributed by atoms with Crippen molar-refractivity contribution in [2.45, 2.75) is 148 Å². The van der Waals surface area contributed by atoms with E-state index in [4.69, 9.17) is 5.11 Å². The highest BCUT2D eigenvalue weighted by Gasteiger charge is 2.04. The molecule has 2 N–H and O–H groups in total. The molecule has 0 aromatic rings. The highest BCUT2D eigenvalue weighted by atomic mass is 16.4. The molecule has 1 atom stereocenters. The summed E-state index contributed by atoms with van der Waals surface area (Å²) in [6, 6.07) is 0. The van der Waals surface area contributed by atoms with E-state index in [-0.39, 0.29) is 12.5 Å². The van der Waals surface area contributed by atoms with Crippen LogP contribution in [0.25, 0.3) is 0 Å². The van der Waals surface area contributed by atoms with Crippen molar-refractivity contribution in [2.75, 3.05) is 0 Å². The molecule has 0 heterocycles. The van der Waals surface area contributed by atoms with Gasteiger partial charge in [0.2, 0.25) is 0 Å². The van der Waals surface area contributed by atoms with Crippen molar-refractivity contribution >= 4 is 5.97 Å². The zero-order valence-electron chi connectivity index (χ0n) is 18.2. The maximum absolute atomic E-state index is 10.4. The van der Waals surface area contributed by atoms with Crippen LogP contribution in [0.15, 0.2) is 0 Å². The molecule has 162 valence electrons. The molecule has 0 aliphatic rings. The van der Waals surface area contributed by atoms with Gasteiger partial charge in [0.25, 0.3) is 0 Å². The van der Waals surface area contributed by atoms with Crippen LogP contribution in [0.5, 0.6) is 0 Å². The molecule has 0 aliphatic heterocycles. The SMILES string of the molecule is CCCCCCCCCCCCCCCCCC(O)CCCCCC(=O)O. The largest absolute Gasteiger partial charge is 0.481 e. The molecule has 0 radical (unpaired) electrons. The fraction of sp³-hybridized carbons (Fsp3) is 0.958. The summed E-state index contributed by atoms with van der Waals surface area (Å²) >= 11 is 0. The van der Waals surface area contributed by atoms with Gasteiger partial charge in [-0.1, -0.05) is 116 Å². The lowest BCUT2D eigenvalue weighted by Gasteiger charge is -2.10. The first-order chi connectivity index (χ1) is 13.2. The molecule has 0 saturated carbocycles. The van der Waals surface area contributed by atoms with E-state index in [0.717, 1.165) is 38.5 Å². The summed E-state index contributed by atoms with van der Waals surface area (Å²) in [6.07, 6.45) is 25.0. The van der Waals surface area contributed by atoms with E-state index in [1.54, 1.807) is 0 Å². The molecule has 1 unspecified atom stereocenters. The Morgan fingerprint density at radius 2 is 0.926 bits per heavy atom. The highest BCUT2D eigenvalue weighted by molar-refractivity contribution is 5.66. The number of rotatable bonds is 22. The van der Waals surface area contributed by atoms with Crippen molar-refractivity contribution < 1.29 is 15.0 Å².